The van der Waals surface area contributed by atoms with Crippen molar-refractivity contribution in [1.82, 2.24) is 15.2 Å². The Balaban J connectivity index is 1.95. The molecule has 1 fully saturated rings. The minimum absolute atomic E-state index is 0.109. The van der Waals surface area contributed by atoms with Crippen molar-refractivity contribution in [2.45, 2.75) is 26.3 Å². The van der Waals surface area contributed by atoms with Gasteiger partial charge in [0.2, 0.25) is 11.8 Å². The van der Waals surface area contributed by atoms with E-state index in [0.717, 1.165) is 0 Å². The number of rotatable bonds is 6. The number of amides is 2. The van der Waals surface area contributed by atoms with Crippen molar-refractivity contribution >= 4 is 25.4 Å². The zero-order chi connectivity index (χ0) is 18.6. The van der Waals surface area contributed by atoms with Crippen molar-refractivity contribution in [3.63, 3.8) is 0 Å². The van der Waals surface area contributed by atoms with Crippen molar-refractivity contribution in [2.75, 3.05) is 37.2 Å². The fourth-order valence-electron chi connectivity index (χ4n) is 2.63. The van der Waals surface area contributed by atoms with E-state index in [1.807, 2.05) is 4.90 Å². The highest BCUT2D eigenvalue weighted by molar-refractivity contribution is 7.51. The quantitative estimate of drug-likeness (QED) is 0.578. The van der Waals surface area contributed by atoms with Crippen LogP contribution in [0.4, 0.5) is 6.01 Å². The van der Waals surface area contributed by atoms with Gasteiger partial charge in [0.05, 0.1) is 12.4 Å². The molecule has 1 aliphatic heterocycles. The van der Waals surface area contributed by atoms with Crippen LogP contribution in [0, 0.1) is 6.92 Å². The Kier molecular flexibility index (Phi) is 6.21. The first kappa shape index (κ1) is 19.4. The van der Waals surface area contributed by atoms with E-state index in [1.165, 1.54) is 6.92 Å². The number of nitrogens with one attached hydrogen (secondary N) is 1. The molecular formula is C14H23N4O6P. The normalized spacial score (nSPS) is 16.6. The zero-order valence-electron chi connectivity index (χ0n) is 14.2. The first-order valence-electron chi connectivity index (χ1n) is 7.93. The molecule has 3 N–H and O–H groups in total. The van der Waals surface area contributed by atoms with Gasteiger partial charge in [-0.05, 0) is 13.3 Å². The van der Waals surface area contributed by atoms with E-state index in [1.54, 1.807) is 18.0 Å². The number of hydrogen-bond donors (Lipinski definition) is 3. The predicted molar refractivity (Wildman–Crippen MR) is 89.2 cm³/mol. The van der Waals surface area contributed by atoms with E-state index < -0.39 is 25.7 Å². The van der Waals surface area contributed by atoms with Gasteiger partial charge in [0, 0.05) is 33.1 Å². The third kappa shape index (κ3) is 5.84. The Hall–Kier alpha value is -1.90. The van der Waals surface area contributed by atoms with E-state index >= 15 is 0 Å². The van der Waals surface area contributed by atoms with Gasteiger partial charge in [0.1, 0.15) is 11.8 Å². The molecule has 1 aromatic rings. The fraction of sp³-hybridized carbons (Fsp3) is 0.643. The third-order valence-electron chi connectivity index (χ3n) is 3.86. The number of carbonyl (C=O) groups is 2. The zero-order valence-corrected chi connectivity index (χ0v) is 15.1. The fourth-order valence-corrected chi connectivity index (χ4v) is 3.22. The van der Waals surface area contributed by atoms with Crippen LogP contribution >= 0.6 is 7.60 Å². The Bertz CT molecular complexity index is 664. The van der Waals surface area contributed by atoms with Gasteiger partial charge in [-0.3, -0.25) is 14.2 Å². The first-order valence-corrected chi connectivity index (χ1v) is 9.73. The van der Waals surface area contributed by atoms with E-state index in [-0.39, 0.29) is 12.3 Å². The Morgan fingerprint density at radius 1 is 1.36 bits per heavy atom. The van der Waals surface area contributed by atoms with Crippen molar-refractivity contribution < 1.29 is 28.4 Å². The van der Waals surface area contributed by atoms with Gasteiger partial charge < -0.3 is 29.3 Å². The van der Waals surface area contributed by atoms with Crippen LogP contribution in [0.3, 0.4) is 0 Å². The molecule has 1 aromatic heterocycles. The van der Waals surface area contributed by atoms with E-state index in [4.69, 9.17) is 14.2 Å². The molecule has 1 saturated heterocycles. The highest BCUT2D eigenvalue weighted by Crippen LogP contribution is 2.35. The highest BCUT2D eigenvalue weighted by atomic mass is 31.2. The van der Waals surface area contributed by atoms with Crippen LogP contribution in [-0.4, -0.2) is 69.9 Å². The average molecular weight is 374 g/mol. The van der Waals surface area contributed by atoms with Crippen LogP contribution < -0.4 is 10.2 Å². The van der Waals surface area contributed by atoms with Gasteiger partial charge in [0.25, 0.3) is 6.01 Å². The molecule has 140 valence electrons. The molecule has 2 heterocycles. The Morgan fingerprint density at radius 2 is 2.00 bits per heavy atom. The number of aryl methyl sites for hydroxylation is 1. The molecule has 0 radical (unpaired) electrons. The lowest BCUT2D eigenvalue weighted by Crippen LogP contribution is -2.55. The van der Waals surface area contributed by atoms with E-state index in [9.17, 15) is 14.2 Å². The maximum absolute atomic E-state index is 12.6. The summed E-state index contributed by atoms with van der Waals surface area (Å²) in [6.07, 6.45) is 1.06. The van der Waals surface area contributed by atoms with E-state index in [0.29, 0.717) is 38.0 Å². The lowest BCUT2D eigenvalue weighted by Gasteiger charge is -2.35. The average Bonchev–Trinajstić information content (AvgIpc) is 2.96. The second kappa shape index (κ2) is 7.99. The molecule has 10 nitrogen and oxygen atoms in total. The number of nitrogens with zero attached hydrogens (tertiary/aromatic N) is 3. The molecule has 0 aliphatic carbocycles. The molecule has 0 saturated carbocycles. The SMILES string of the molecule is CC(=O)NC(CCP(=O)(O)O)C(=O)N1CCN(c2ncc(C)o2)CC1. The summed E-state index contributed by atoms with van der Waals surface area (Å²) in [6, 6.07) is -0.440. The Labute approximate surface area is 145 Å². The second-order valence-corrected chi connectivity index (χ2v) is 7.77. The van der Waals surface area contributed by atoms with Crippen molar-refractivity contribution in [2.24, 2.45) is 0 Å². The van der Waals surface area contributed by atoms with Crippen LogP contribution in [0.5, 0.6) is 0 Å². The molecule has 2 rings (SSSR count). The van der Waals surface area contributed by atoms with Crippen LogP contribution in [-0.2, 0) is 14.2 Å². The number of aromatic nitrogens is 1. The number of piperazine rings is 1. The maximum Gasteiger partial charge on any atom is 0.325 e. The van der Waals surface area contributed by atoms with E-state index in [2.05, 4.69) is 10.3 Å². The minimum atomic E-state index is -4.24. The number of hydrogen-bond acceptors (Lipinski definition) is 6. The van der Waals surface area contributed by atoms with Gasteiger partial charge in [-0.25, -0.2) is 4.98 Å². The standard InChI is InChI=1S/C14H23N4O6P/c1-10-9-15-14(24-10)18-6-4-17(5-7-18)13(20)12(16-11(2)19)3-8-25(21,22)23/h9,12H,3-8H2,1-2H3,(H,16,19)(H2,21,22,23). The van der Waals surface area contributed by atoms with Gasteiger partial charge in [0.15, 0.2) is 0 Å². The molecule has 0 bridgehead atoms. The predicted octanol–water partition coefficient (Wildman–Crippen LogP) is -0.296. The highest BCUT2D eigenvalue weighted by Gasteiger charge is 2.30. The molecule has 0 aromatic carbocycles. The van der Waals surface area contributed by atoms with Gasteiger partial charge in [-0.15, -0.1) is 0 Å². The number of carbonyl (C=O) groups excluding carboxylic acids is 2. The van der Waals surface area contributed by atoms with Crippen molar-refractivity contribution in [3.05, 3.63) is 12.0 Å². The molecule has 25 heavy (non-hydrogen) atoms. The Morgan fingerprint density at radius 3 is 2.48 bits per heavy atom. The number of oxazole rings is 1. The van der Waals surface area contributed by atoms with Crippen LogP contribution in [0.1, 0.15) is 19.1 Å². The van der Waals surface area contributed by atoms with Crippen LogP contribution in [0.15, 0.2) is 10.6 Å². The van der Waals surface area contributed by atoms with Gasteiger partial charge in [-0.1, -0.05) is 0 Å². The number of anilines is 1. The first-order chi connectivity index (χ1) is 11.7. The molecule has 2 amide bonds. The smallest absolute Gasteiger partial charge is 0.325 e. The summed E-state index contributed by atoms with van der Waals surface area (Å²) in [6.45, 7) is 4.93. The van der Waals surface area contributed by atoms with Crippen LogP contribution in [0.25, 0.3) is 0 Å². The summed E-state index contributed by atoms with van der Waals surface area (Å²) in [7, 11) is -4.24. The summed E-state index contributed by atoms with van der Waals surface area (Å²) in [5.41, 5.74) is 0. The summed E-state index contributed by atoms with van der Waals surface area (Å²) in [4.78, 5) is 49.6. The lowest BCUT2D eigenvalue weighted by molar-refractivity contribution is -0.136. The third-order valence-corrected chi connectivity index (χ3v) is 4.70. The monoisotopic (exact) mass is 374 g/mol. The summed E-state index contributed by atoms with van der Waals surface area (Å²) >= 11 is 0. The largest absolute Gasteiger partial charge is 0.429 e. The molecule has 1 aliphatic rings. The maximum atomic E-state index is 12.6. The summed E-state index contributed by atoms with van der Waals surface area (Å²) in [5, 5.41) is 2.48. The molecule has 1 unspecified atom stereocenters. The molecule has 1 atom stereocenters. The van der Waals surface area contributed by atoms with Gasteiger partial charge >= 0.3 is 7.60 Å². The van der Waals surface area contributed by atoms with Crippen LogP contribution in [0.2, 0.25) is 0 Å². The molecule has 11 heteroatoms. The lowest BCUT2D eigenvalue weighted by atomic mass is 10.1. The molecular weight excluding hydrogens is 351 g/mol. The van der Waals surface area contributed by atoms with Crippen molar-refractivity contribution in [1.29, 1.82) is 0 Å². The minimum Gasteiger partial charge on any atom is -0.429 e. The topological polar surface area (TPSA) is 136 Å². The summed E-state index contributed by atoms with van der Waals surface area (Å²) < 4.78 is 16.5. The summed E-state index contributed by atoms with van der Waals surface area (Å²) in [5.74, 6) is -0.0542. The van der Waals surface area contributed by atoms with Gasteiger partial charge in [-0.2, -0.15) is 0 Å². The second-order valence-electron chi connectivity index (χ2n) is 6.00. The molecule has 0 spiro atoms. The van der Waals surface area contributed by atoms with Crippen molar-refractivity contribution in [3.8, 4) is 0 Å².